The Morgan fingerprint density at radius 2 is 2.43 bits per heavy atom. The first-order chi connectivity index (χ1) is 6.84. The second-order valence-corrected chi connectivity index (χ2v) is 4.06. The summed E-state index contributed by atoms with van der Waals surface area (Å²) in [4.78, 5) is 0. The van der Waals surface area contributed by atoms with Crippen LogP contribution in [0.5, 0.6) is 0 Å². The molecule has 3 heteroatoms. The monoisotopic (exact) mass is 211 g/mol. The van der Waals surface area contributed by atoms with E-state index in [0.717, 1.165) is 36.9 Å². The highest BCUT2D eigenvalue weighted by atomic mass is 35.5. The van der Waals surface area contributed by atoms with E-state index in [1.165, 1.54) is 0 Å². The second kappa shape index (κ2) is 4.67. The zero-order valence-corrected chi connectivity index (χ0v) is 8.76. The minimum atomic E-state index is 0.647. The standard InChI is InChI=1S/C11H14ClNO/c12-10-2-1-3-11(6-10)13-7-9-4-5-14-8-9/h1-3,6,9,13H,4-5,7-8H2. The van der Waals surface area contributed by atoms with Gasteiger partial charge < -0.3 is 10.1 Å². The Morgan fingerprint density at radius 1 is 1.50 bits per heavy atom. The van der Waals surface area contributed by atoms with E-state index in [-0.39, 0.29) is 0 Å². The van der Waals surface area contributed by atoms with E-state index in [1.54, 1.807) is 0 Å². The van der Waals surface area contributed by atoms with Gasteiger partial charge in [-0.05, 0) is 24.6 Å². The maximum absolute atomic E-state index is 5.88. The smallest absolute Gasteiger partial charge is 0.0511 e. The Kier molecular flexibility index (Phi) is 3.27. The molecule has 0 radical (unpaired) electrons. The van der Waals surface area contributed by atoms with Crippen LogP contribution in [0, 0.1) is 5.92 Å². The Balaban J connectivity index is 1.85. The van der Waals surface area contributed by atoms with Gasteiger partial charge in [-0.2, -0.15) is 0 Å². The Morgan fingerprint density at radius 3 is 3.14 bits per heavy atom. The van der Waals surface area contributed by atoms with Crippen molar-refractivity contribution >= 4 is 17.3 Å². The molecule has 1 N–H and O–H groups in total. The third kappa shape index (κ3) is 2.63. The third-order valence-corrected chi connectivity index (χ3v) is 2.68. The SMILES string of the molecule is Clc1cccc(NCC2CCOC2)c1. The van der Waals surface area contributed by atoms with Crippen LogP contribution < -0.4 is 5.32 Å². The van der Waals surface area contributed by atoms with Gasteiger partial charge in [-0.1, -0.05) is 17.7 Å². The van der Waals surface area contributed by atoms with Crippen molar-refractivity contribution in [3.63, 3.8) is 0 Å². The van der Waals surface area contributed by atoms with E-state index >= 15 is 0 Å². The van der Waals surface area contributed by atoms with Crippen LogP contribution in [-0.4, -0.2) is 19.8 Å². The summed E-state index contributed by atoms with van der Waals surface area (Å²) in [6, 6.07) is 7.81. The lowest BCUT2D eigenvalue weighted by Gasteiger charge is -2.10. The van der Waals surface area contributed by atoms with Crippen LogP contribution in [0.1, 0.15) is 6.42 Å². The first-order valence-electron chi connectivity index (χ1n) is 4.92. The predicted octanol–water partition coefficient (Wildman–Crippen LogP) is 2.79. The van der Waals surface area contributed by atoms with Crippen molar-refractivity contribution in [2.45, 2.75) is 6.42 Å². The van der Waals surface area contributed by atoms with Crippen LogP contribution in [0.15, 0.2) is 24.3 Å². The van der Waals surface area contributed by atoms with E-state index in [1.807, 2.05) is 24.3 Å². The molecule has 0 spiro atoms. The fraction of sp³-hybridized carbons (Fsp3) is 0.455. The Hall–Kier alpha value is -0.730. The van der Waals surface area contributed by atoms with Gasteiger partial charge in [-0.25, -0.2) is 0 Å². The highest BCUT2D eigenvalue weighted by Crippen LogP contribution is 2.17. The normalized spacial score (nSPS) is 21.1. The third-order valence-electron chi connectivity index (χ3n) is 2.44. The molecule has 1 fully saturated rings. The molecule has 2 nitrogen and oxygen atoms in total. The zero-order chi connectivity index (χ0) is 9.80. The summed E-state index contributed by atoms with van der Waals surface area (Å²) in [5, 5.41) is 4.14. The van der Waals surface area contributed by atoms with Gasteiger partial charge in [0.15, 0.2) is 0 Å². The molecule has 0 amide bonds. The first kappa shape index (κ1) is 9.81. The van der Waals surface area contributed by atoms with Gasteiger partial charge >= 0.3 is 0 Å². The number of rotatable bonds is 3. The summed E-state index contributed by atoms with van der Waals surface area (Å²) < 4.78 is 5.30. The van der Waals surface area contributed by atoms with Crippen LogP contribution in [0.25, 0.3) is 0 Å². The van der Waals surface area contributed by atoms with E-state index < -0.39 is 0 Å². The fourth-order valence-electron chi connectivity index (χ4n) is 1.60. The van der Waals surface area contributed by atoms with Crippen molar-refractivity contribution in [2.75, 3.05) is 25.1 Å². The number of anilines is 1. The molecule has 14 heavy (non-hydrogen) atoms. The number of hydrogen-bond acceptors (Lipinski definition) is 2. The van der Waals surface area contributed by atoms with Gasteiger partial charge in [0.2, 0.25) is 0 Å². The lowest BCUT2D eigenvalue weighted by atomic mass is 10.1. The molecule has 1 aromatic rings. The van der Waals surface area contributed by atoms with Crippen molar-refractivity contribution in [3.05, 3.63) is 29.3 Å². The van der Waals surface area contributed by atoms with Gasteiger partial charge in [0.25, 0.3) is 0 Å². The molecular weight excluding hydrogens is 198 g/mol. The largest absolute Gasteiger partial charge is 0.385 e. The summed E-state index contributed by atoms with van der Waals surface area (Å²) in [7, 11) is 0. The van der Waals surface area contributed by atoms with Gasteiger partial charge in [-0.15, -0.1) is 0 Å². The lowest BCUT2D eigenvalue weighted by molar-refractivity contribution is 0.187. The summed E-state index contributed by atoms with van der Waals surface area (Å²) in [6.45, 7) is 2.76. The average molecular weight is 212 g/mol. The van der Waals surface area contributed by atoms with Gasteiger partial charge in [0.05, 0.1) is 6.61 Å². The van der Waals surface area contributed by atoms with Crippen molar-refractivity contribution < 1.29 is 4.74 Å². The summed E-state index contributed by atoms with van der Waals surface area (Å²) in [6.07, 6.45) is 1.16. The van der Waals surface area contributed by atoms with Gasteiger partial charge in [0.1, 0.15) is 0 Å². The van der Waals surface area contributed by atoms with E-state index in [9.17, 15) is 0 Å². The molecule has 76 valence electrons. The lowest BCUT2D eigenvalue weighted by Crippen LogP contribution is -2.13. The molecule has 0 bridgehead atoms. The molecule has 1 aliphatic rings. The molecule has 2 rings (SSSR count). The van der Waals surface area contributed by atoms with Crippen molar-refractivity contribution in [1.82, 2.24) is 0 Å². The highest BCUT2D eigenvalue weighted by Gasteiger charge is 2.14. The average Bonchev–Trinajstić information content (AvgIpc) is 2.67. The van der Waals surface area contributed by atoms with Gasteiger partial charge in [-0.3, -0.25) is 0 Å². The number of benzene rings is 1. The second-order valence-electron chi connectivity index (χ2n) is 3.62. The molecule has 1 unspecified atom stereocenters. The van der Waals surface area contributed by atoms with Crippen LogP contribution in [0.2, 0.25) is 5.02 Å². The number of ether oxygens (including phenoxy) is 1. The molecule has 1 aromatic carbocycles. The van der Waals surface area contributed by atoms with Crippen LogP contribution >= 0.6 is 11.6 Å². The molecule has 1 saturated heterocycles. The van der Waals surface area contributed by atoms with E-state index in [2.05, 4.69) is 5.32 Å². The molecular formula is C11H14ClNO. The van der Waals surface area contributed by atoms with E-state index in [4.69, 9.17) is 16.3 Å². The number of halogens is 1. The van der Waals surface area contributed by atoms with Crippen LogP contribution in [-0.2, 0) is 4.74 Å². The van der Waals surface area contributed by atoms with Crippen molar-refractivity contribution in [3.8, 4) is 0 Å². The predicted molar refractivity (Wildman–Crippen MR) is 58.9 cm³/mol. The maximum atomic E-state index is 5.88. The zero-order valence-electron chi connectivity index (χ0n) is 8.00. The summed E-state index contributed by atoms with van der Waals surface area (Å²) >= 11 is 5.88. The maximum Gasteiger partial charge on any atom is 0.0511 e. The van der Waals surface area contributed by atoms with Crippen LogP contribution in [0.4, 0.5) is 5.69 Å². The molecule has 0 aliphatic carbocycles. The molecule has 0 aromatic heterocycles. The quantitative estimate of drug-likeness (QED) is 0.830. The first-order valence-corrected chi connectivity index (χ1v) is 5.29. The topological polar surface area (TPSA) is 21.3 Å². The number of nitrogens with one attached hydrogen (secondary N) is 1. The van der Waals surface area contributed by atoms with Crippen molar-refractivity contribution in [2.24, 2.45) is 5.92 Å². The minimum absolute atomic E-state index is 0.647. The van der Waals surface area contributed by atoms with E-state index in [0.29, 0.717) is 5.92 Å². The molecule has 1 aliphatic heterocycles. The molecule has 1 atom stereocenters. The van der Waals surface area contributed by atoms with Crippen LogP contribution in [0.3, 0.4) is 0 Å². The van der Waals surface area contributed by atoms with Gasteiger partial charge in [0, 0.05) is 29.8 Å². The molecule has 1 heterocycles. The number of hydrogen-bond donors (Lipinski definition) is 1. The summed E-state index contributed by atoms with van der Waals surface area (Å²) in [5.41, 5.74) is 1.09. The minimum Gasteiger partial charge on any atom is -0.385 e. The van der Waals surface area contributed by atoms with Crippen molar-refractivity contribution in [1.29, 1.82) is 0 Å². The summed E-state index contributed by atoms with van der Waals surface area (Å²) in [5.74, 6) is 0.647. The fourth-order valence-corrected chi connectivity index (χ4v) is 1.80. The molecule has 0 saturated carbocycles. The Labute approximate surface area is 89.2 Å². The highest BCUT2D eigenvalue weighted by molar-refractivity contribution is 6.30. The Bertz CT molecular complexity index is 297.